The predicted molar refractivity (Wildman–Crippen MR) is 78.6 cm³/mol. The molecule has 1 rings (SSSR count). The van der Waals surface area contributed by atoms with Gasteiger partial charge in [-0.1, -0.05) is 13.8 Å². The van der Waals surface area contributed by atoms with Crippen LogP contribution in [0.25, 0.3) is 0 Å². The van der Waals surface area contributed by atoms with E-state index in [9.17, 15) is 8.42 Å². The number of nitrogens with one attached hydrogen (secondary N) is 2. The third kappa shape index (κ3) is 7.05. The number of furan rings is 1. The quantitative estimate of drug-likeness (QED) is 0.584. The van der Waals surface area contributed by atoms with Gasteiger partial charge in [0.2, 0.25) is 5.09 Å². The average molecular weight is 320 g/mol. The van der Waals surface area contributed by atoms with Crippen LogP contribution in [0.1, 0.15) is 19.6 Å². The molecule has 0 saturated heterocycles. The van der Waals surface area contributed by atoms with Crippen molar-refractivity contribution in [1.29, 1.82) is 0 Å². The molecule has 0 spiro atoms. The van der Waals surface area contributed by atoms with Crippen LogP contribution in [-0.2, 0) is 26.0 Å². The fraction of sp³-hybridized carbons (Fsp3) is 0.692. The number of methoxy groups -OCH3 is 1. The Morgan fingerprint density at radius 2 is 2.00 bits per heavy atom. The maximum atomic E-state index is 12.0. The molecule has 0 unspecified atom stereocenters. The zero-order chi connectivity index (χ0) is 15.7. The van der Waals surface area contributed by atoms with E-state index in [1.54, 1.807) is 13.2 Å². The Labute approximate surface area is 126 Å². The van der Waals surface area contributed by atoms with E-state index in [0.717, 1.165) is 0 Å². The van der Waals surface area contributed by atoms with Crippen LogP contribution >= 0.6 is 0 Å². The van der Waals surface area contributed by atoms with Gasteiger partial charge in [-0.3, -0.25) is 0 Å². The summed E-state index contributed by atoms with van der Waals surface area (Å²) in [5, 5.41) is 3.07. The van der Waals surface area contributed by atoms with Crippen molar-refractivity contribution in [1.82, 2.24) is 10.0 Å². The topological polar surface area (TPSA) is 89.8 Å². The highest BCUT2D eigenvalue weighted by molar-refractivity contribution is 7.89. The molecule has 0 bridgehead atoms. The highest BCUT2D eigenvalue weighted by Gasteiger charge is 2.18. The normalized spacial score (nSPS) is 12.2. The molecule has 21 heavy (non-hydrogen) atoms. The first-order chi connectivity index (χ1) is 9.95. The Balaban J connectivity index is 2.40. The fourth-order valence-corrected chi connectivity index (χ4v) is 2.42. The van der Waals surface area contributed by atoms with Crippen LogP contribution in [0.2, 0.25) is 0 Å². The maximum absolute atomic E-state index is 12.0. The molecule has 0 aliphatic rings. The van der Waals surface area contributed by atoms with Crippen molar-refractivity contribution in [2.24, 2.45) is 0 Å². The van der Waals surface area contributed by atoms with Crippen molar-refractivity contribution < 1.29 is 22.3 Å². The predicted octanol–water partition coefficient (Wildman–Crippen LogP) is 0.719. The Bertz CT molecular complexity index is 498. The summed E-state index contributed by atoms with van der Waals surface area (Å²) in [4.78, 5) is 0. The van der Waals surface area contributed by atoms with Crippen molar-refractivity contribution in [3.05, 3.63) is 17.9 Å². The summed E-state index contributed by atoms with van der Waals surface area (Å²) < 4.78 is 41.7. The Morgan fingerprint density at radius 3 is 2.67 bits per heavy atom. The van der Waals surface area contributed by atoms with Crippen molar-refractivity contribution in [2.45, 2.75) is 31.5 Å². The molecular weight excluding hydrogens is 296 g/mol. The summed E-state index contributed by atoms with van der Waals surface area (Å²) in [6.07, 6.45) is 0. The van der Waals surface area contributed by atoms with Gasteiger partial charge in [-0.05, 0) is 12.1 Å². The second-order valence-electron chi connectivity index (χ2n) is 4.76. The van der Waals surface area contributed by atoms with Crippen LogP contribution in [-0.4, -0.2) is 47.9 Å². The number of hydrogen-bond donors (Lipinski definition) is 2. The summed E-state index contributed by atoms with van der Waals surface area (Å²) in [6, 6.07) is 3.40. The number of sulfonamides is 1. The van der Waals surface area contributed by atoms with Crippen LogP contribution in [0.3, 0.4) is 0 Å². The standard InChI is InChI=1S/C13H24N2O5S/c1-11(2)14-10-12-4-5-13(20-12)21(16,17)15-6-7-19-9-8-18-3/h4-5,11,14-15H,6-10H2,1-3H3. The first-order valence-electron chi connectivity index (χ1n) is 6.84. The smallest absolute Gasteiger partial charge is 0.274 e. The SMILES string of the molecule is COCCOCCNS(=O)(=O)c1ccc(CNC(C)C)o1. The van der Waals surface area contributed by atoms with Gasteiger partial charge in [0.1, 0.15) is 5.76 Å². The van der Waals surface area contributed by atoms with Crippen LogP contribution in [0, 0.1) is 0 Å². The lowest BCUT2D eigenvalue weighted by Crippen LogP contribution is -2.27. The van der Waals surface area contributed by atoms with Gasteiger partial charge in [0.25, 0.3) is 10.0 Å². The third-order valence-electron chi connectivity index (χ3n) is 2.56. The zero-order valence-electron chi connectivity index (χ0n) is 12.7. The molecule has 0 fully saturated rings. The minimum Gasteiger partial charge on any atom is -0.447 e. The van der Waals surface area contributed by atoms with Crippen LogP contribution in [0.15, 0.2) is 21.6 Å². The van der Waals surface area contributed by atoms with Gasteiger partial charge >= 0.3 is 0 Å². The van der Waals surface area contributed by atoms with E-state index in [0.29, 0.717) is 31.6 Å². The van der Waals surface area contributed by atoms with Crippen molar-refractivity contribution in [2.75, 3.05) is 33.5 Å². The number of ether oxygens (including phenoxy) is 2. The lowest BCUT2D eigenvalue weighted by atomic mass is 10.3. The average Bonchev–Trinajstić information content (AvgIpc) is 2.90. The van der Waals surface area contributed by atoms with E-state index < -0.39 is 10.0 Å². The summed E-state index contributed by atoms with van der Waals surface area (Å²) in [7, 11) is -2.05. The molecule has 0 aliphatic heterocycles. The van der Waals surface area contributed by atoms with E-state index in [1.165, 1.54) is 6.07 Å². The molecule has 1 aromatic rings. The largest absolute Gasteiger partial charge is 0.447 e. The molecule has 1 aromatic heterocycles. The molecule has 2 N–H and O–H groups in total. The number of rotatable bonds is 11. The second kappa shape index (κ2) is 9.16. The minimum atomic E-state index is -3.63. The lowest BCUT2D eigenvalue weighted by molar-refractivity contribution is 0.0736. The van der Waals surface area contributed by atoms with Crippen molar-refractivity contribution in [3.63, 3.8) is 0 Å². The molecule has 0 atom stereocenters. The Hall–Kier alpha value is -0.930. The zero-order valence-corrected chi connectivity index (χ0v) is 13.5. The van der Waals surface area contributed by atoms with E-state index >= 15 is 0 Å². The van der Waals surface area contributed by atoms with Gasteiger partial charge < -0.3 is 19.2 Å². The minimum absolute atomic E-state index is 0.0834. The first kappa shape index (κ1) is 18.1. The molecular formula is C13H24N2O5S. The molecule has 0 aromatic carbocycles. The van der Waals surface area contributed by atoms with Gasteiger partial charge in [0.05, 0.1) is 26.4 Å². The first-order valence-corrected chi connectivity index (χ1v) is 8.32. The van der Waals surface area contributed by atoms with Gasteiger partial charge in [0, 0.05) is 19.7 Å². The molecule has 122 valence electrons. The van der Waals surface area contributed by atoms with E-state index in [-0.39, 0.29) is 18.2 Å². The Morgan fingerprint density at radius 1 is 1.24 bits per heavy atom. The van der Waals surface area contributed by atoms with Crippen LogP contribution in [0.4, 0.5) is 0 Å². The molecule has 8 heteroatoms. The molecule has 0 aliphatic carbocycles. The van der Waals surface area contributed by atoms with Crippen molar-refractivity contribution >= 4 is 10.0 Å². The number of hydrogen-bond acceptors (Lipinski definition) is 6. The molecule has 0 amide bonds. The molecule has 7 nitrogen and oxygen atoms in total. The summed E-state index contributed by atoms with van der Waals surface area (Å²) in [5.74, 6) is 0.584. The molecule has 1 heterocycles. The summed E-state index contributed by atoms with van der Waals surface area (Å²) in [5.41, 5.74) is 0. The highest BCUT2D eigenvalue weighted by Crippen LogP contribution is 2.13. The van der Waals surface area contributed by atoms with E-state index in [1.807, 2.05) is 13.8 Å². The Kier molecular flexibility index (Phi) is 7.91. The van der Waals surface area contributed by atoms with Crippen molar-refractivity contribution in [3.8, 4) is 0 Å². The lowest BCUT2D eigenvalue weighted by Gasteiger charge is -2.06. The van der Waals surface area contributed by atoms with Gasteiger partial charge in [0.15, 0.2) is 0 Å². The van der Waals surface area contributed by atoms with Gasteiger partial charge in [-0.2, -0.15) is 0 Å². The molecule has 0 saturated carbocycles. The summed E-state index contributed by atoms with van der Waals surface area (Å²) >= 11 is 0. The third-order valence-corrected chi connectivity index (χ3v) is 3.89. The summed E-state index contributed by atoms with van der Waals surface area (Å²) in [6.45, 7) is 5.89. The maximum Gasteiger partial charge on any atom is 0.274 e. The van der Waals surface area contributed by atoms with Crippen LogP contribution < -0.4 is 10.0 Å². The van der Waals surface area contributed by atoms with Gasteiger partial charge in [-0.25, -0.2) is 13.1 Å². The van der Waals surface area contributed by atoms with Crippen LogP contribution in [0.5, 0.6) is 0 Å². The highest BCUT2D eigenvalue weighted by atomic mass is 32.2. The van der Waals surface area contributed by atoms with E-state index in [2.05, 4.69) is 10.0 Å². The van der Waals surface area contributed by atoms with Gasteiger partial charge in [-0.15, -0.1) is 0 Å². The van der Waals surface area contributed by atoms with E-state index in [4.69, 9.17) is 13.9 Å². The monoisotopic (exact) mass is 320 g/mol. The molecule has 0 radical (unpaired) electrons. The fourth-order valence-electron chi connectivity index (χ4n) is 1.47. The second-order valence-corrected chi connectivity index (χ2v) is 6.46.